The Kier molecular flexibility index (Phi) is 16.4. The van der Waals surface area contributed by atoms with Gasteiger partial charge in [0.05, 0.1) is 0 Å². The molecule has 0 atom stereocenters. The molecule has 74 valence electrons. The maximum atomic E-state index is 3.57. The summed E-state index contributed by atoms with van der Waals surface area (Å²) < 4.78 is 0. The molecule has 0 heterocycles. The van der Waals surface area contributed by atoms with Crippen LogP contribution >= 0.6 is 0 Å². The summed E-state index contributed by atoms with van der Waals surface area (Å²) >= 11 is 0. The summed E-state index contributed by atoms with van der Waals surface area (Å²) in [6.45, 7) is 12.7. The number of allylic oxidation sites excluding steroid dienone is 1. The molecule has 0 saturated carbocycles. The molecule has 2 radical (unpaired) electrons. The Morgan fingerprint density at radius 3 is 2.15 bits per heavy atom. The smallest absolute Gasteiger partial charge is 0 e. The van der Waals surface area contributed by atoms with Gasteiger partial charge in [0.15, 0.2) is 0 Å². The van der Waals surface area contributed by atoms with E-state index in [2.05, 4.69) is 46.8 Å². The van der Waals surface area contributed by atoms with Crippen molar-refractivity contribution in [2.24, 2.45) is 11.3 Å². The van der Waals surface area contributed by atoms with E-state index < -0.39 is 0 Å². The molecule has 0 amide bonds. The number of rotatable bonds is 5. The first kappa shape index (κ1) is 20.4. The van der Waals surface area contributed by atoms with Crippen LogP contribution < -0.4 is 0 Å². The molecule has 0 aliphatic heterocycles. The van der Waals surface area contributed by atoms with Crippen molar-refractivity contribution in [3.63, 3.8) is 0 Å². The third-order valence-electron chi connectivity index (χ3n) is 2.52. The van der Waals surface area contributed by atoms with Crippen molar-refractivity contribution in [3.05, 3.63) is 19.1 Å². The second-order valence-electron chi connectivity index (χ2n) is 4.09. The molecule has 13 heavy (non-hydrogen) atoms. The first-order valence-electron chi connectivity index (χ1n) is 4.32. The molecule has 0 nitrogen and oxygen atoms in total. The van der Waals surface area contributed by atoms with Gasteiger partial charge in [-0.3, -0.25) is 6.58 Å². The second kappa shape index (κ2) is 10.5. The van der Waals surface area contributed by atoms with Gasteiger partial charge in [0.2, 0.25) is 0 Å². The molecule has 0 unspecified atom stereocenters. The molecule has 0 saturated heterocycles. The standard InChI is InChI=1S/C11H20.2Y.H2/c1-6-7-8-9-11(4,5)10(2)3;;;/h8,10H,1,7,9H2,2-5H3;;;1H/q-2;;;. The molecule has 0 fully saturated rings. The molecule has 0 aromatic rings. The van der Waals surface area contributed by atoms with Gasteiger partial charge in [-0.2, -0.15) is 6.42 Å². The first-order valence-corrected chi connectivity index (χ1v) is 4.32. The van der Waals surface area contributed by atoms with E-state index in [1.807, 2.05) is 0 Å². The monoisotopic (exact) mass is 332 g/mol. The molecule has 0 rings (SSSR count). The Hall–Kier alpha value is 1.95. The maximum absolute atomic E-state index is 3.57. The van der Waals surface area contributed by atoms with Crippen molar-refractivity contribution < 1.29 is 66.8 Å². The normalized spacial score (nSPS) is 10.2. The molecule has 2 heteroatoms. The van der Waals surface area contributed by atoms with Gasteiger partial charge >= 0.3 is 0 Å². The molecular formula is C11H22Y2-2. The molecule has 0 spiro atoms. The zero-order valence-corrected chi connectivity index (χ0v) is 15.1. The van der Waals surface area contributed by atoms with Crippen molar-refractivity contribution >= 4 is 0 Å². The van der Waals surface area contributed by atoms with Gasteiger partial charge in [0.1, 0.15) is 0 Å². The van der Waals surface area contributed by atoms with Crippen LogP contribution in [0.15, 0.2) is 6.58 Å². The Balaban J connectivity index is -0.000000167. The largest absolute Gasteiger partial charge is 0.534 e. The summed E-state index contributed by atoms with van der Waals surface area (Å²) in [6.07, 6.45) is 7.20. The van der Waals surface area contributed by atoms with Crippen LogP contribution in [-0.4, -0.2) is 0 Å². The van der Waals surface area contributed by atoms with Crippen molar-refractivity contribution in [1.29, 1.82) is 0 Å². The van der Waals surface area contributed by atoms with Crippen LogP contribution in [-0.2, 0) is 65.4 Å². The quantitative estimate of drug-likeness (QED) is 0.529. The fourth-order valence-corrected chi connectivity index (χ4v) is 0.782. The van der Waals surface area contributed by atoms with Crippen LogP contribution in [0.3, 0.4) is 0 Å². The average molecular weight is 332 g/mol. The Labute approximate surface area is 136 Å². The zero-order chi connectivity index (χ0) is 8.91. The molecule has 0 aliphatic carbocycles. The third-order valence-corrected chi connectivity index (χ3v) is 2.52. The number of hydrogen-bond acceptors (Lipinski definition) is 0. The van der Waals surface area contributed by atoms with Crippen molar-refractivity contribution in [3.8, 4) is 0 Å². The Morgan fingerprint density at radius 2 is 1.85 bits per heavy atom. The van der Waals surface area contributed by atoms with E-state index in [0.29, 0.717) is 5.41 Å². The van der Waals surface area contributed by atoms with Crippen LogP contribution in [0.2, 0.25) is 0 Å². The number of hydrogen-bond donors (Lipinski definition) is 0. The molecule has 0 aromatic heterocycles. The summed E-state index contributed by atoms with van der Waals surface area (Å²) in [5, 5.41) is 0. The van der Waals surface area contributed by atoms with Gasteiger partial charge in [-0.15, -0.1) is 0 Å². The van der Waals surface area contributed by atoms with E-state index in [1.54, 1.807) is 0 Å². The fourth-order valence-electron chi connectivity index (χ4n) is 0.782. The summed E-state index contributed by atoms with van der Waals surface area (Å²) in [6, 6.07) is 0. The maximum Gasteiger partial charge on any atom is 0 e. The minimum Gasteiger partial charge on any atom is -0.534 e. The van der Waals surface area contributed by atoms with E-state index >= 15 is 0 Å². The summed E-state index contributed by atoms with van der Waals surface area (Å²) in [7, 11) is 0. The van der Waals surface area contributed by atoms with Gasteiger partial charge in [0, 0.05) is 66.8 Å². The van der Waals surface area contributed by atoms with Crippen molar-refractivity contribution in [2.45, 2.75) is 40.5 Å². The topological polar surface area (TPSA) is 0 Å². The van der Waals surface area contributed by atoms with E-state index in [1.165, 1.54) is 0 Å². The summed E-state index contributed by atoms with van der Waals surface area (Å²) in [4.78, 5) is 0. The number of unbranched alkanes of at least 4 members (excludes halogenated alkanes) is 1. The Morgan fingerprint density at radius 1 is 1.38 bits per heavy atom. The van der Waals surface area contributed by atoms with E-state index in [-0.39, 0.29) is 66.8 Å². The SMILES string of the molecule is C=[C-]C[CH-]CC(C)(C)C(C)C.[HH].[Y].[Y]. The second-order valence-corrected chi connectivity index (χ2v) is 4.09. The molecular weight excluding hydrogens is 310 g/mol. The van der Waals surface area contributed by atoms with Crippen LogP contribution in [0.4, 0.5) is 0 Å². The molecule has 0 bridgehead atoms. The van der Waals surface area contributed by atoms with E-state index in [9.17, 15) is 0 Å². The molecule has 0 aromatic carbocycles. The minimum absolute atomic E-state index is 0. The van der Waals surface area contributed by atoms with Crippen LogP contribution in [0.25, 0.3) is 0 Å². The van der Waals surface area contributed by atoms with Crippen molar-refractivity contribution in [1.82, 2.24) is 0 Å². The Bertz CT molecular complexity index is 122. The third kappa shape index (κ3) is 10.2. The van der Waals surface area contributed by atoms with E-state index in [0.717, 1.165) is 18.8 Å². The van der Waals surface area contributed by atoms with Crippen LogP contribution in [0, 0.1) is 23.8 Å². The van der Waals surface area contributed by atoms with Crippen molar-refractivity contribution in [2.75, 3.05) is 0 Å². The predicted octanol–water partition coefficient (Wildman–Crippen LogP) is 3.88. The minimum atomic E-state index is 0. The van der Waals surface area contributed by atoms with Crippen LogP contribution in [0.5, 0.6) is 0 Å². The van der Waals surface area contributed by atoms with E-state index in [4.69, 9.17) is 0 Å². The molecule has 0 aliphatic rings. The summed E-state index contributed by atoms with van der Waals surface area (Å²) in [5.74, 6) is 0.739. The average Bonchev–Trinajstić information content (AvgIpc) is 1.88. The van der Waals surface area contributed by atoms with Crippen LogP contribution in [0.1, 0.15) is 42.0 Å². The van der Waals surface area contributed by atoms with Gasteiger partial charge in [-0.05, 0) is 5.92 Å². The van der Waals surface area contributed by atoms with Gasteiger partial charge in [-0.1, -0.05) is 33.1 Å². The zero-order valence-electron chi connectivity index (χ0n) is 9.43. The summed E-state index contributed by atoms with van der Waals surface area (Å²) in [5.41, 5.74) is 0.427. The van der Waals surface area contributed by atoms with Gasteiger partial charge in [0.25, 0.3) is 0 Å². The predicted molar refractivity (Wildman–Crippen MR) is 53.1 cm³/mol. The fraction of sp³-hybridized carbons (Fsp3) is 0.727. The first-order chi connectivity index (χ1) is 5.00. The van der Waals surface area contributed by atoms with Gasteiger partial charge in [-0.25, -0.2) is 0 Å². The van der Waals surface area contributed by atoms with Gasteiger partial charge < -0.3 is 18.9 Å². The molecule has 0 N–H and O–H groups in total.